The SMILES string of the molecule is Cc1ccc2sc(C(N)=O)c(OC(C)C)c2c1. The fraction of sp³-hybridized carbons (Fsp3) is 0.308. The van der Waals surface area contributed by atoms with Crippen molar-refractivity contribution in [3.05, 3.63) is 28.6 Å². The minimum atomic E-state index is -0.431. The molecule has 0 unspecified atom stereocenters. The van der Waals surface area contributed by atoms with Crippen molar-refractivity contribution >= 4 is 27.3 Å². The summed E-state index contributed by atoms with van der Waals surface area (Å²) in [5.74, 6) is 0.190. The van der Waals surface area contributed by atoms with Crippen LogP contribution in [0.1, 0.15) is 29.1 Å². The lowest BCUT2D eigenvalue weighted by Crippen LogP contribution is -2.13. The molecule has 0 bridgehead atoms. The molecule has 0 aliphatic heterocycles. The fourth-order valence-corrected chi connectivity index (χ4v) is 2.67. The van der Waals surface area contributed by atoms with E-state index in [4.69, 9.17) is 10.5 Å². The van der Waals surface area contributed by atoms with Gasteiger partial charge in [0.2, 0.25) is 0 Å². The molecule has 1 amide bonds. The van der Waals surface area contributed by atoms with Crippen molar-refractivity contribution < 1.29 is 9.53 Å². The number of carbonyl (C=O) groups is 1. The van der Waals surface area contributed by atoms with Crippen LogP contribution in [0.15, 0.2) is 18.2 Å². The zero-order valence-electron chi connectivity index (χ0n) is 10.1. The average Bonchev–Trinajstić information content (AvgIpc) is 2.56. The molecule has 0 radical (unpaired) electrons. The minimum Gasteiger partial charge on any atom is -0.489 e. The lowest BCUT2D eigenvalue weighted by molar-refractivity contribution is 0.0999. The van der Waals surface area contributed by atoms with Gasteiger partial charge in [-0.1, -0.05) is 11.6 Å². The molecular formula is C13H15NO2S. The number of amides is 1. The molecule has 1 aromatic carbocycles. The van der Waals surface area contributed by atoms with Crippen LogP contribution in [0, 0.1) is 6.92 Å². The van der Waals surface area contributed by atoms with E-state index in [1.807, 2.05) is 39.0 Å². The van der Waals surface area contributed by atoms with Gasteiger partial charge in [-0.15, -0.1) is 11.3 Å². The van der Waals surface area contributed by atoms with Crippen LogP contribution in [0.4, 0.5) is 0 Å². The van der Waals surface area contributed by atoms with Crippen molar-refractivity contribution in [3.63, 3.8) is 0 Å². The number of primary amides is 1. The number of hydrogen-bond donors (Lipinski definition) is 1. The summed E-state index contributed by atoms with van der Waals surface area (Å²) >= 11 is 1.38. The van der Waals surface area contributed by atoms with Crippen LogP contribution in [0.25, 0.3) is 10.1 Å². The summed E-state index contributed by atoms with van der Waals surface area (Å²) in [6.07, 6.45) is 0.0198. The highest BCUT2D eigenvalue weighted by molar-refractivity contribution is 7.21. The van der Waals surface area contributed by atoms with Crippen molar-refractivity contribution in [2.75, 3.05) is 0 Å². The summed E-state index contributed by atoms with van der Waals surface area (Å²) in [5.41, 5.74) is 6.52. The van der Waals surface area contributed by atoms with Gasteiger partial charge in [0.1, 0.15) is 4.88 Å². The Balaban J connectivity index is 2.68. The van der Waals surface area contributed by atoms with E-state index in [-0.39, 0.29) is 6.10 Å². The quantitative estimate of drug-likeness (QED) is 0.908. The van der Waals surface area contributed by atoms with Crippen LogP contribution in [0.5, 0.6) is 5.75 Å². The monoisotopic (exact) mass is 249 g/mol. The maximum atomic E-state index is 11.4. The third kappa shape index (κ3) is 2.26. The lowest BCUT2D eigenvalue weighted by Gasteiger charge is -2.10. The highest BCUT2D eigenvalue weighted by Crippen LogP contribution is 2.38. The van der Waals surface area contributed by atoms with Gasteiger partial charge in [-0.3, -0.25) is 4.79 Å². The van der Waals surface area contributed by atoms with E-state index in [9.17, 15) is 4.79 Å². The summed E-state index contributed by atoms with van der Waals surface area (Å²) in [7, 11) is 0. The summed E-state index contributed by atoms with van der Waals surface area (Å²) < 4.78 is 6.75. The molecule has 2 N–H and O–H groups in total. The lowest BCUT2D eigenvalue weighted by atomic mass is 10.1. The van der Waals surface area contributed by atoms with Crippen molar-refractivity contribution in [3.8, 4) is 5.75 Å². The molecular weight excluding hydrogens is 234 g/mol. The summed E-state index contributed by atoms with van der Waals surface area (Å²) in [5, 5.41) is 0.970. The topological polar surface area (TPSA) is 52.3 Å². The zero-order chi connectivity index (χ0) is 12.6. The minimum absolute atomic E-state index is 0.0198. The largest absolute Gasteiger partial charge is 0.489 e. The van der Waals surface area contributed by atoms with Gasteiger partial charge in [0.15, 0.2) is 5.75 Å². The molecule has 0 fully saturated rings. The van der Waals surface area contributed by atoms with Crippen LogP contribution < -0.4 is 10.5 Å². The number of ether oxygens (including phenoxy) is 1. The fourth-order valence-electron chi connectivity index (χ4n) is 1.70. The Hall–Kier alpha value is -1.55. The second-order valence-electron chi connectivity index (χ2n) is 4.29. The molecule has 90 valence electrons. The molecule has 2 aromatic rings. The van der Waals surface area contributed by atoms with Gasteiger partial charge in [-0.25, -0.2) is 0 Å². The maximum Gasteiger partial charge on any atom is 0.262 e. The molecule has 1 aromatic heterocycles. The molecule has 0 spiro atoms. The van der Waals surface area contributed by atoms with Crippen molar-refractivity contribution in [1.82, 2.24) is 0 Å². The number of aryl methyl sites for hydroxylation is 1. The summed E-state index contributed by atoms with van der Waals surface area (Å²) in [4.78, 5) is 11.9. The first-order chi connectivity index (χ1) is 7.99. The molecule has 0 atom stereocenters. The van der Waals surface area contributed by atoms with Crippen molar-refractivity contribution in [2.24, 2.45) is 5.73 Å². The molecule has 0 saturated heterocycles. The summed E-state index contributed by atoms with van der Waals surface area (Å²) in [6.45, 7) is 5.88. The second kappa shape index (κ2) is 4.37. The molecule has 2 rings (SSSR count). The smallest absolute Gasteiger partial charge is 0.262 e. The molecule has 1 heterocycles. The van der Waals surface area contributed by atoms with Crippen LogP contribution in [0.3, 0.4) is 0 Å². The zero-order valence-corrected chi connectivity index (χ0v) is 10.9. The average molecular weight is 249 g/mol. The van der Waals surface area contributed by atoms with Crippen molar-refractivity contribution in [2.45, 2.75) is 26.9 Å². The number of rotatable bonds is 3. The van der Waals surface area contributed by atoms with Gasteiger partial charge in [-0.05, 0) is 32.9 Å². The maximum absolute atomic E-state index is 11.4. The van der Waals surface area contributed by atoms with Crippen LogP contribution >= 0.6 is 11.3 Å². The Morgan fingerprint density at radius 1 is 1.41 bits per heavy atom. The predicted octanol–water partition coefficient (Wildman–Crippen LogP) is 3.10. The van der Waals surface area contributed by atoms with E-state index in [1.54, 1.807) is 0 Å². The second-order valence-corrected chi connectivity index (χ2v) is 5.34. The molecule has 0 saturated carbocycles. The van der Waals surface area contributed by atoms with E-state index in [0.29, 0.717) is 10.6 Å². The number of nitrogens with two attached hydrogens (primary N) is 1. The first kappa shape index (κ1) is 11.9. The molecule has 4 heteroatoms. The number of carbonyl (C=O) groups excluding carboxylic acids is 1. The van der Waals surface area contributed by atoms with Crippen molar-refractivity contribution in [1.29, 1.82) is 0 Å². The number of fused-ring (bicyclic) bond motifs is 1. The third-order valence-electron chi connectivity index (χ3n) is 2.38. The first-order valence-corrected chi connectivity index (χ1v) is 6.30. The standard InChI is InChI=1S/C13H15NO2S/c1-7(2)16-11-9-6-8(3)4-5-10(9)17-12(11)13(14)15/h4-7H,1-3H3,(H2,14,15). The Bertz CT molecular complexity index is 572. The Kier molecular flexibility index (Phi) is 3.07. The van der Waals surface area contributed by atoms with E-state index in [0.717, 1.165) is 15.6 Å². The Morgan fingerprint density at radius 2 is 2.12 bits per heavy atom. The first-order valence-electron chi connectivity index (χ1n) is 5.48. The Morgan fingerprint density at radius 3 is 2.71 bits per heavy atom. The van der Waals surface area contributed by atoms with Gasteiger partial charge in [0.25, 0.3) is 5.91 Å². The van der Waals surface area contributed by atoms with E-state index >= 15 is 0 Å². The van der Waals surface area contributed by atoms with E-state index in [1.165, 1.54) is 11.3 Å². The number of benzene rings is 1. The Labute approximate surface area is 104 Å². The molecule has 0 aliphatic rings. The molecule has 3 nitrogen and oxygen atoms in total. The van der Waals surface area contributed by atoms with Gasteiger partial charge in [0.05, 0.1) is 6.10 Å². The highest BCUT2D eigenvalue weighted by atomic mass is 32.1. The predicted molar refractivity (Wildman–Crippen MR) is 70.8 cm³/mol. The number of hydrogen-bond acceptors (Lipinski definition) is 3. The molecule has 17 heavy (non-hydrogen) atoms. The van der Waals surface area contributed by atoms with Crippen LogP contribution in [0.2, 0.25) is 0 Å². The summed E-state index contributed by atoms with van der Waals surface area (Å²) in [6, 6.07) is 6.04. The van der Waals surface area contributed by atoms with Gasteiger partial charge < -0.3 is 10.5 Å². The van der Waals surface area contributed by atoms with Crippen LogP contribution in [-0.4, -0.2) is 12.0 Å². The normalized spacial score (nSPS) is 11.1. The van der Waals surface area contributed by atoms with Gasteiger partial charge >= 0.3 is 0 Å². The third-order valence-corrected chi connectivity index (χ3v) is 3.54. The van der Waals surface area contributed by atoms with E-state index in [2.05, 4.69) is 0 Å². The number of thiophene rings is 1. The van der Waals surface area contributed by atoms with Gasteiger partial charge in [-0.2, -0.15) is 0 Å². The van der Waals surface area contributed by atoms with E-state index < -0.39 is 5.91 Å². The van der Waals surface area contributed by atoms with Crippen LogP contribution in [-0.2, 0) is 0 Å². The van der Waals surface area contributed by atoms with Gasteiger partial charge in [0, 0.05) is 10.1 Å². The molecule has 0 aliphatic carbocycles. The highest BCUT2D eigenvalue weighted by Gasteiger charge is 2.18.